The summed E-state index contributed by atoms with van der Waals surface area (Å²) in [6.07, 6.45) is 3.19. The number of halogens is 2. The van der Waals surface area contributed by atoms with E-state index in [2.05, 4.69) is 20.6 Å². The number of nitrogens with one attached hydrogen (secondary N) is 2. The van der Waals surface area contributed by atoms with Gasteiger partial charge in [0, 0.05) is 36.0 Å². The molecule has 0 aliphatic carbocycles. The highest BCUT2D eigenvalue weighted by Crippen LogP contribution is 2.28. The van der Waals surface area contributed by atoms with E-state index in [9.17, 15) is 9.59 Å². The van der Waals surface area contributed by atoms with Crippen LogP contribution in [0.2, 0.25) is 10.0 Å². The lowest BCUT2D eigenvalue weighted by Crippen LogP contribution is -2.17. The third-order valence-corrected chi connectivity index (χ3v) is 5.22. The van der Waals surface area contributed by atoms with Gasteiger partial charge in [-0.25, -0.2) is 0 Å². The highest BCUT2D eigenvalue weighted by atomic mass is 35.5. The average Bonchev–Trinajstić information content (AvgIpc) is 2.74. The van der Waals surface area contributed by atoms with E-state index in [0.717, 1.165) is 10.8 Å². The number of rotatable bonds is 5. The first-order valence-corrected chi connectivity index (χ1v) is 9.94. The Morgan fingerprint density at radius 2 is 1.13 bits per heavy atom. The maximum absolute atomic E-state index is 12.4. The van der Waals surface area contributed by atoms with Crippen LogP contribution in [0.15, 0.2) is 60.9 Å². The molecule has 0 atom stereocenters. The molecule has 0 bridgehead atoms. The monoisotopic (exact) mass is 438 g/mol. The maximum Gasteiger partial charge on any atom is 0.224 e. The number of anilines is 2. The normalized spacial score (nSPS) is 10.9. The van der Waals surface area contributed by atoms with Gasteiger partial charge in [0.1, 0.15) is 0 Å². The standard InChI is InChI=1S/C22H16Cl2N4O2/c23-15-9-11-25-21-13(15)3-1-5-17(21)27-19(29)7-8-20(30)28-18-6-2-4-14-16(24)10-12-26-22(14)18/h1-6,9-12H,7-8H2,(H,27,29)(H,28,30). The lowest BCUT2D eigenvalue weighted by atomic mass is 10.1. The highest BCUT2D eigenvalue weighted by molar-refractivity contribution is 6.36. The number of nitrogens with zero attached hydrogens (tertiary/aromatic N) is 2. The number of pyridine rings is 2. The molecule has 2 aromatic carbocycles. The summed E-state index contributed by atoms with van der Waals surface area (Å²) in [6, 6.07) is 14.1. The summed E-state index contributed by atoms with van der Waals surface area (Å²) in [7, 11) is 0. The molecule has 4 aromatic rings. The molecule has 0 aliphatic heterocycles. The molecular weight excluding hydrogens is 423 g/mol. The molecule has 6 nitrogen and oxygen atoms in total. The Morgan fingerprint density at radius 1 is 0.700 bits per heavy atom. The smallest absolute Gasteiger partial charge is 0.224 e. The molecule has 30 heavy (non-hydrogen) atoms. The Morgan fingerprint density at radius 3 is 1.57 bits per heavy atom. The van der Waals surface area contributed by atoms with Gasteiger partial charge in [-0.3, -0.25) is 19.6 Å². The van der Waals surface area contributed by atoms with Crippen LogP contribution in [-0.4, -0.2) is 21.8 Å². The summed E-state index contributed by atoms with van der Waals surface area (Å²) in [6.45, 7) is 0. The van der Waals surface area contributed by atoms with E-state index in [1.54, 1.807) is 48.8 Å². The zero-order chi connectivity index (χ0) is 21.1. The molecule has 0 unspecified atom stereocenters. The van der Waals surface area contributed by atoms with Crippen molar-refractivity contribution in [1.29, 1.82) is 0 Å². The van der Waals surface area contributed by atoms with Crippen LogP contribution in [-0.2, 0) is 9.59 Å². The number of aromatic nitrogens is 2. The van der Waals surface area contributed by atoms with E-state index in [-0.39, 0.29) is 24.7 Å². The van der Waals surface area contributed by atoms with Gasteiger partial charge in [-0.1, -0.05) is 47.5 Å². The van der Waals surface area contributed by atoms with Gasteiger partial charge in [0.25, 0.3) is 0 Å². The van der Waals surface area contributed by atoms with Crippen molar-refractivity contribution in [3.8, 4) is 0 Å². The van der Waals surface area contributed by atoms with Gasteiger partial charge >= 0.3 is 0 Å². The summed E-state index contributed by atoms with van der Waals surface area (Å²) in [5.74, 6) is -0.586. The number of fused-ring (bicyclic) bond motifs is 2. The third kappa shape index (κ3) is 4.20. The van der Waals surface area contributed by atoms with Crippen LogP contribution in [0.1, 0.15) is 12.8 Å². The quantitative estimate of drug-likeness (QED) is 0.433. The molecule has 2 N–H and O–H groups in total. The first kappa shape index (κ1) is 20.1. The minimum absolute atomic E-state index is 0.0156. The Balaban J connectivity index is 1.41. The maximum atomic E-state index is 12.4. The van der Waals surface area contributed by atoms with E-state index in [1.807, 2.05) is 12.1 Å². The highest BCUT2D eigenvalue weighted by Gasteiger charge is 2.12. The van der Waals surface area contributed by atoms with Crippen molar-refractivity contribution < 1.29 is 9.59 Å². The largest absolute Gasteiger partial charge is 0.324 e. The molecule has 0 aliphatic rings. The van der Waals surface area contributed by atoms with Crippen molar-refractivity contribution in [2.75, 3.05) is 10.6 Å². The molecule has 150 valence electrons. The molecule has 0 saturated carbocycles. The fourth-order valence-corrected chi connectivity index (χ4v) is 3.56. The van der Waals surface area contributed by atoms with Gasteiger partial charge in [-0.2, -0.15) is 0 Å². The van der Waals surface area contributed by atoms with Gasteiger partial charge in [-0.15, -0.1) is 0 Å². The first-order valence-electron chi connectivity index (χ1n) is 9.19. The van der Waals surface area contributed by atoms with Gasteiger partial charge < -0.3 is 10.6 Å². The molecule has 2 amide bonds. The summed E-state index contributed by atoms with van der Waals surface area (Å²) >= 11 is 12.4. The Kier molecular flexibility index (Phi) is 5.79. The summed E-state index contributed by atoms with van der Waals surface area (Å²) in [5, 5.41) is 8.20. The van der Waals surface area contributed by atoms with E-state index in [1.165, 1.54) is 0 Å². The fraction of sp³-hybridized carbons (Fsp3) is 0.0909. The zero-order valence-electron chi connectivity index (χ0n) is 15.7. The van der Waals surface area contributed by atoms with Crippen molar-refractivity contribution in [3.63, 3.8) is 0 Å². The van der Waals surface area contributed by atoms with Crippen molar-refractivity contribution in [1.82, 2.24) is 9.97 Å². The second-order valence-electron chi connectivity index (χ2n) is 6.59. The predicted octanol–water partition coefficient (Wildman–Crippen LogP) is 5.45. The average molecular weight is 439 g/mol. The molecule has 0 spiro atoms. The molecule has 0 saturated heterocycles. The number of hydrogen-bond acceptors (Lipinski definition) is 4. The van der Waals surface area contributed by atoms with Crippen LogP contribution in [0.25, 0.3) is 21.8 Å². The van der Waals surface area contributed by atoms with Crippen LogP contribution in [0.4, 0.5) is 11.4 Å². The molecule has 0 fully saturated rings. The zero-order valence-corrected chi connectivity index (χ0v) is 17.2. The number of para-hydroxylation sites is 2. The number of carbonyl (C=O) groups excluding carboxylic acids is 2. The number of amides is 2. The number of carbonyl (C=O) groups is 2. The van der Waals surface area contributed by atoms with Crippen LogP contribution in [0.5, 0.6) is 0 Å². The van der Waals surface area contributed by atoms with Crippen LogP contribution < -0.4 is 10.6 Å². The molecule has 0 radical (unpaired) electrons. The van der Waals surface area contributed by atoms with E-state index >= 15 is 0 Å². The van der Waals surface area contributed by atoms with Crippen molar-refractivity contribution in [2.24, 2.45) is 0 Å². The van der Waals surface area contributed by atoms with Crippen molar-refractivity contribution in [3.05, 3.63) is 71.0 Å². The van der Waals surface area contributed by atoms with E-state index < -0.39 is 0 Å². The predicted molar refractivity (Wildman–Crippen MR) is 120 cm³/mol. The van der Waals surface area contributed by atoms with Crippen LogP contribution in [0.3, 0.4) is 0 Å². The van der Waals surface area contributed by atoms with Crippen molar-refractivity contribution in [2.45, 2.75) is 12.8 Å². The Bertz CT molecular complexity index is 1180. The summed E-state index contributed by atoms with van der Waals surface area (Å²) in [4.78, 5) is 33.3. The lowest BCUT2D eigenvalue weighted by Gasteiger charge is -2.10. The Labute approximate surface area is 182 Å². The molecule has 2 aromatic heterocycles. The minimum atomic E-state index is -0.293. The van der Waals surface area contributed by atoms with Gasteiger partial charge in [-0.05, 0) is 24.3 Å². The van der Waals surface area contributed by atoms with E-state index in [0.29, 0.717) is 32.5 Å². The summed E-state index contributed by atoms with van der Waals surface area (Å²) < 4.78 is 0. The number of hydrogen-bond donors (Lipinski definition) is 2. The van der Waals surface area contributed by atoms with Crippen LogP contribution in [0, 0.1) is 0 Å². The molecular formula is C22H16Cl2N4O2. The second kappa shape index (κ2) is 8.65. The molecule has 2 heterocycles. The topological polar surface area (TPSA) is 84.0 Å². The lowest BCUT2D eigenvalue weighted by molar-refractivity contribution is -0.121. The fourth-order valence-electron chi connectivity index (χ4n) is 3.14. The van der Waals surface area contributed by atoms with Gasteiger partial charge in [0.05, 0.1) is 32.5 Å². The SMILES string of the molecule is O=C(CCC(=O)Nc1cccc2c(Cl)ccnc12)Nc1cccc2c(Cl)ccnc12. The second-order valence-corrected chi connectivity index (χ2v) is 7.40. The minimum Gasteiger partial charge on any atom is -0.324 e. The summed E-state index contributed by atoms with van der Waals surface area (Å²) in [5.41, 5.74) is 2.30. The van der Waals surface area contributed by atoms with Crippen LogP contribution >= 0.6 is 23.2 Å². The van der Waals surface area contributed by atoms with E-state index in [4.69, 9.17) is 23.2 Å². The van der Waals surface area contributed by atoms with Crippen molar-refractivity contribution >= 4 is 68.2 Å². The first-order chi connectivity index (χ1) is 14.5. The van der Waals surface area contributed by atoms with Gasteiger partial charge in [0.2, 0.25) is 11.8 Å². The molecule has 8 heteroatoms. The number of benzene rings is 2. The third-order valence-electron chi connectivity index (χ3n) is 4.56. The van der Waals surface area contributed by atoms with Gasteiger partial charge in [0.15, 0.2) is 0 Å². The Hall–Kier alpha value is -3.22. The molecule has 4 rings (SSSR count).